The molecule has 26 heavy (non-hydrogen) atoms. The summed E-state index contributed by atoms with van der Waals surface area (Å²) in [7, 11) is 5.90. The number of hydrogen-bond donors (Lipinski definition) is 0. The standard InChI is InChI=1S/C19H31N5O2/c1-12(2)7-17-19(26)23-10-14(21(4)5)9-15(23)11-24(17)18(25)16-8-13(3)20-22(16)6/h8,12,14-15,17H,7,9-11H2,1-6H3/t14-,15-,17-/m0/s1. The van der Waals surface area contributed by atoms with Crippen LogP contribution >= 0.6 is 0 Å². The summed E-state index contributed by atoms with van der Waals surface area (Å²) >= 11 is 0. The molecule has 2 fully saturated rings. The smallest absolute Gasteiger partial charge is 0.272 e. The number of aryl methyl sites for hydroxylation is 2. The van der Waals surface area contributed by atoms with Crippen LogP contribution in [-0.2, 0) is 11.8 Å². The van der Waals surface area contributed by atoms with E-state index in [1.165, 1.54) is 0 Å². The summed E-state index contributed by atoms with van der Waals surface area (Å²) in [6, 6.07) is 1.90. The first-order valence-corrected chi connectivity index (χ1v) is 9.47. The van der Waals surface area contributed by atoms with Gasteiger partial charge >= 0.3 is 0 Å². The minimum Gasteiger partial charge on any atom is -0.335 e. The summed E-state index contributed by atoms with van der Waals surface area (Å²) in [4.78, 5) is 32.5. The first kappa shape index (κ1) is 18.9. The number of carbonyl (C=O) groups is 2. The van der Waals surface area contributed by atoms with E-state index in [-0.39, 0.29) is 23.9 Å². The number of hydrogen-bond acceptors (Lipinski definition) is 4. The van der Waals surface area contributed by atoms with E-state index in [1.807, 2.05) is 17.9 Å². The van der Waals surface area contributed by atoms with E-state index in [4.69, 9.17) is 0 Å². The summed E-state index contributed by atoms with van der Waals surface area (Å²) in [5, 5.41) is 4.30. The zero-order chi connectivity index (χ0) is 19.2. The molecule has 1 aromatic heterocycles. The third-order valence-corrected chi connectivity index (χ3v) is 5.65. The Kier molecular flexibility index (Phi) is 5.10. The molecule has 0 aliphatic carbocycles. The van der Waals surface area contributed by atoms with E-state index in [1.54, 1.807) is 16.6 Å². The Bertz CT molecular complexity index is 696. The topological polar surface area (TPSA) is 61.7 Å². The van der Waals surface area contributed by atoms with Crippen molar-refractivity contribution < 1.29 is 9.59 Å². The van der Waals surface area contributed by atoms with Crippen molar-refractivity contribution in [2.24, 2.45) is 13.0 Å². The second-order valence-electron chi connectivity index (χ2n) is 8.39. The van der Waals surface area contributed by atoms with Gasteiger partial charge in [-0.15, -0.1) is 0 Å². The Hall–Kier alpha value is -1.89. The van der Waals surface area contributed by atoms with Crippen molar-refractivity contribution in [1.82, 2.24) is 24.5 Å². The molecule has 3 atom stereocenters. The maximum atomic E-state index is 13.3. The summed E-state index contributed by atoms with van der Waals surface area (Å²) in [5.41, 5.74) is 1.37. The molecular weight excluding hydrogens is 330 g/mol. The minimum atomic E-state index is -0.380. The van der Waals surface area contributed by atoms with Gasteiger partial charge in [-0.25, -0.2) is 0 Å². The van der Waals surface area contributed by atoms with Gasteiger partial charge < -0.3 is 14.7 Å². The number of likely N-dealkylation sites (N-methyl/N-ethyl adjacent to an activating group) is 1. The van der Waals surface area contributed by atoms with E-state index < -0.39 is 0 Å². The maximum Gasteiger partial charge on any atom is 0.272 e. The molecule has 2 aliphatic heterocycles. The molecule has 7 nitrogen and oxygen atoms in total. The molecule has 1 aromatic rings. The molecule has 144 valence electrons. The molecule has 7 heteroatoms. The van der Waals surface area contributed by atoms with E-state index in [2.05, 4.69) is 37.9 Å². The van der Waals surface area contributed by atoms with Crippen molar-refractivity contribution in [3.05, 3.63) is 17.5 Å². The van der Waals surface area contributed by atoms with Gasteiger partial charge in [0.05, 0.1) is 11.7 Å². The van der Waals surface area contributed by atoms with Gasteiger partial charge in [0, 0.05) is 26.2 Å². The second-order valence-corrected chi connectivity index (χ2v) is 8.39. The van der Waals surface area contributed by atoms with Crippen LogP contribution < -0.4 is 0 Å². The van der Waals surface area contributed by atoms with Crippen molar-refractivity contribution in [2.75, 3.05) is 27.2 Å². The molecule has 3 heterocycles. The summed E-state index contributed by atoms with van der Waals surface area (Å²) in [6.07, 6.45) is 1.61. The lowest BCUT2D eigenvalue weighted by Gasteiger charge is -2.43. The van der Waals surface area contributed by atoms with Crippen LogP contribution in [0.2, 0.25) is 0 Å². The van der Waals surface area contributed by atoms with Crippen LogP contribution in [0.1, 0.15) is 42.9 Å². The van der Waals surface area contributed by atoms with Crippen molar-refractivity contribution >= 4 is 11.8 Å². The number of nitrogens with zero attached hydrogens (tertiary/aromatic N) is 5. The van der Waals surface area contributed by atoms with Crippen molar-refractivity contribution in [3.8, 4) is 0 Å². The average molecular weight is 361 g/mol. The fourth-order valence-corrected chi connectivity index (χ4v) is 4.25. The highest BCUT2D eigenvalue weighted by molar-refractivity contribution is 5.97. The average Bonchev–Trinajstić information content (AvgIpc) is 3.12. The largest absolute Gasteiger partial charge is 0.335 e. The highest BCUT2D eigenvalue weighted by Crippen LogP contribution is 2.31. The number of fused-ring (bicyclic) bond motifs is 1. The van der Waals surface area contributed by atoms with Gasteiger partial charge in [0.2, 0.25) is 5.91 Å². The van der Waals surface area contributed by atoms with Gasteiger partial charge in [-0.1, -0.05) is 13.8 Å². The van der Waals surface area contributed by atoms with Crippen LogP contribution in [0.4, 0.5) is 0 Å². The first-order valence-electron chi connectivity index (χ1n) is 9.47. The molecule has 2 amide bonds. The fourth-order valence-electron chi connectivity index (χ4n) is 4.25. The third kappa shape index (κ3) is 3.37. The Balaban J connectivity index is 1.90. The zero-order valence-corrected chi connectivity index (χ0v) is 16.8. The van der Waals surface area contributed by atoms with E-state index >= 15 is 0 Å². The summed E-state index contributed by atoms with van der Waals surface area (Å²) in [5.74, 6) is 0.364. The van der Waals surface area contributed by atoms with Gasteiger partial charge in [-0.2, -0.15) is 5.10 Å². The lowest BCUT2D eigenvalue weighted by atomic mass is 9.96. The third-order valence-electron chi connectivity index (χ3n) is 5.65. The Morgan fingerprint density at radius 3 is 2.58 bits per heavy atom. The molecule has 0 spiro atoms. The molecular formula is C19H31N5O2. The van der Waals surface area contributed by atoms with E-state index in [0.29, 0.717) is 30.6 Å². The second kappa shape index (κ2) is 7.02. The monoisotopic (exact) mass is 361 g/mol. The van der Waals surface area contributed by atoms with Crippen LogP contribution in [0.5, 0.6) is 0 Å². The predicted octanol–water partition coefficient (Wildman–Crippen LogP) is 1.13. The lowest BCUT2D eigenvalue weighted by Crippen LogP contribution is -2.61. The van der Waals surface area contributed by atoms with Crippen LogP contribution in [0.25, 0.3) is 0 Å². The number of rotatable bonds is 4. The predicted molar refractivity (Wildman–Crippen MR) is 99.8 cm³/mol. The van der Waals surface area contributed by atoms with Crippen molar-refractivity contribution in [1.29, 1.82) is 0 Å². The lowest BCUT2D eigenvalue weighted by molar-refractivity contribution is -0.142. The van der Waals surface area contributed by atoms with Gasteiger partial charge in [-0.05, 0) is 45.8 Å². The van der Waals surface area contributed by atoms with Crippen LogP contribution in [0, 0.1) is 12.8 Å². The van der Waals surface area contributed by atoms with E-state index in [9.17, 15) is 9.59 Å². The highest BCUT2D eigenvalue weighted by Gasteiger charge is 2.47. The SMILES string of the molecule is Cc1cc(C(=O)N2C[C@@H]3C[C@H](N(C)C)CN3C(=O)[C@@H]2CC(C)C)n(C)n1. The van der Waals surface area contributed by atoms with Gasteiger partial charge in [-0.3, -0.25) is 14.3 Å². The number of carbonyl (C=O) groups excluding carboxylic acids is 2. The van der Waals surface area contributed by atoms with Crippen LogP contribution in [-0.4, -0.2) is 81.6 Å². The highest BCUT2D eigenvalue weighted by atomic mass is 16.2. The first-order chi connectivity index (χ1) is 12.2. The van der Waals surface area contributed by atoms with Crippen molar-refractivity contribution in [3.63, 3.8) is 0 Å². The summed E-state index contributed by atoms with van der Waals surface area (Å²) < 4.78 is 1.62. The molecule has 2 saturated heterocycles. The Morgan fingerprint density at radius 2 is 2.04 bits per heavy atom. The molecule has 0 radical (unpaired) electrons. The number of aromatic nitrogens is 2. The minimum absolute atomic E-state index is 0.0833. The fraction of sp³-hybridized carbons (Fsp3) is 0.737. The van der Waals surface area contributed by atoms with Crippen molar-refractivity contribution in [2.45, 2.75) is 51.7 Å². The van der Waals surface area contributed by atoms with Gasteiger partial charge in [0.15, 0.2) is 0 Å². The summed E-state index contributed by atoms with van der Waals surface area (Å²) in [6.45, 7) is 7.45. The number of piperazine rings is 1. The zero-order valence-electron chi connectivity index (χ0n) is 16.8. The van der Waals surface area contributed by atoms with Gasteiger partial charge in [0.25, 0.3) is 5.91 Å². The Labute approximate surface area is 155 Å². The van der Waals surface area contributed by atoms with Gasteiger partial charge in [0.1, 0.15) is 11.7 Å². The molecule has 3 rings (SSSR count). The van der Waals surface area contributed by atoms with E-state index in [0.717, 1.165) is 18.7 Å². The molecule has 0 aromatic carbocycles. The van der Waals surface area contributed by atoms with Crippen LogP contribution in [0.3, 0.4) is 0 Å². The molecule has 2 aliphatic rings. The van der Waals surface area contributed by atoms with Crippen LogP contribution in [0.15, 0.2) is 6.07 Å². The Morgan fingerprint density at radius 1 is 1.35 bits per heavy atom. The molecule has 0 bridgehead atoms. The molecule has 0 saturated carbocycles. The quantitative estimate of drug-likeness (QED) is 0.807. The molecule has 0 unspecified atom stereocenters. The molecule has 0 N–H and O–H groups in total. The number of amides is 2. The maximum absolute atomic E-state index is 13.3. The normalized spacial score (nSPS) is 26.2.